The number of rotatable bonds is 10. The molecule has 160 valence electrons. The first-order valence-corrected chi connectivity index (χ1v) is 10.1. The van der Waals surface area contributed by atoms with Gasteiger partial charge in [-0.3, -0.25) is 4.79 Å². The van der Waals surface area contributed by atoms with E-state index in [1.165, 1.54) is 0 Å². The van der Waals surface area contributed by atoms with Crippen molar-refractivity contribution >= 4 is 17.7 Å². The molecule has 0 unspecified atom stereocenters. The number of anilines is 1. The van der Waals surface area contributed by atoms with Crippen molar-refractivity contribution in [2.45, 2.75) is 27.2 Å². The quantitative estimate of drug-likeness (QED) is 0.313. The van der Waals surface area contributed by atoms with Crippen molar-refractivity contribution in [1.82, 2.24) is 0 Å². The second kappa shape index (κ2) is 11.4. The van der Waals surface area contributed by atoms with Crippen molar-refractivity contribution in [1.29, 1.82) is 5.26 Å². The van der Waals surface area contributed by atoms with Crippen LogP contribution in [-0.4, -0.2) is 19.1 Å². The predicted molar refractivity (Wildman–Crippen MR) is 125 cm³/mol. The van der Waals surface area contributed by atoms with Gasteiger partial charge in [-0.25, -0.2) is 0 Å². The van der Waals surface area contributed by atoms with E-state index in [1.807, 2.05) is 51.1 Å². The summed E-state index contributed by atoms with van der Waals surface area (Å²) in [6.07, 6.45) is 5.51. The highest BCUT2D eigenvalue weighted by Gasteiger charge is 2.15. The lowest BCUT2D eigenvalue weighted by Gasteiger charge is -2.16. The van der Waals surface area contributed by atoms with E-state index >= 15 is 0 Å². The third-order valence-electron chi connectivity index (χ3n) is 4.47. The maximum atomic E-state index is 12.7. The molecule has 5 heteroatoms. The van der Waals surface area contributed by atoms with Gasteiger partial charge in [-0.2, -0.15) is 5.26 Å². The molecule has 31 heavy (non-hydrogen) atoms. The Morgan fingerprint density at radius 2 is 1.94 bits per heavy atom. The van der Waals surface area contributed by atoms with Gasteiger partial charge in [0.25, 0.3) is 5.91 Å². The van der Waals surface area contributed by atoms with Gasteiger partial charge < -0.3 is 14.8 Å². The van der Waals surface area contributed by atoms with Crippen molar-refractivity contribution in [2.24, 2.45) is 0 Å². The molecule has 0 fully saturated rings. The minimum Gasteiger partial charge on any atom is -0.490 e. The molecule has 0 spiro atoms. The zero-order chi connectivity index (χ0) is 22.8. The fourth-order valence-corrected chi connectivity index (χ4v) is 3.10. The Kier molecular flexibility index (Phi) is 8.65. The van der Waals surface area contributed by atoms with Gasteiger partial charge in [-0.05, 0) is 62.6 Å². The molecule has 2 aromatic carbocycles. The van der Waals surface area contributed by atoms with Crippen molar-refractivity contribution in [3.8, 4) is 17.6 Å². The molecular formula is C26H28N2O3. The normalized spacial score (nSPS) is 10.7. The highest BCUT2D eigenvalue weighted by atomic mass is 16.5. The maximum Gasteiger partial charge on any atom is 0.266 e. The molecule has 2 rings (SSSR count). The fraction of sp³-hybridized carbons (Fsp3) is 0.231. The first-order chi connectivity index (χ1) is 14.9. The van der Waals surface area contributed by atoms with Crippen LogP contribution in [0.25, 0.3) is 6.08 Å². The molecule has 1 N–H and O–H groups in total. The number of nitriles is 1. The van der Waals surface area contributed by atoms with E-state index in [-0.39, 0.29) is 5.57 Å². The van der Waals surface area contributed by atoms with E-state index < -0.39 is 5.91 Å². The summed E-state index contributed by atoms with van der Waals surface area (Å²) in [5.41, 5.74) is 4.21. The summed E-state index contributed by atoms with van der Waals surface area (Å²) < 4.78 is 11.6. The zero-order valence-electron chi connectivity index (χ0n) is 18.3. The van der Waals surface area contributed by atoms with Gasteiger partial charge in [-0.1, -0.05) is 36.4 Å². The average Bonchev–Trinajstić information content (AvgIpc) is 2.73. The Labute approximate surface area is 184 Å². The Morgan fingerprint density at radius 1 is 1.16 bits per heavy atom. The number of benzene rings is 2. The van der Waals surface area contributed by atoms with Crippen LogP contribution in [0.15, 0.2) is 61.2 Å². The third kappa shape index (κ3) is 6.35. The number of amides is 1. The maximum absolute atomic E-state index is 12.7. The first kappa shape index (κ1) is 23.5. The third-order valence-corrected chi connectivity index (χ3v) is 4.47. The highest BCUT2D eigenvalue weighted by Crippen LogP contribution is 2.35. The van der Waals surface area contributed by atoms with E-state index in [9.17, 15) is 10.1 Å². The molecule has 0 radical (unpaired) electrons. The van der Waals surface area contributed by atoms with Crippen molar-refractivity contribution in [3.05, 3.63) is 83.5 Å². The highest BCUT2D eigenvalue weighted by molar-refractivity contribution is 6.10. The van der Waals surface area contributed by atoms with Crippen LogP contribution in [0.1, 0.15) is 29.2 Å². The van der Waals surface area contributed by atoms with Crippen LogP contribution in [0.3, 0.4) is 0 Å². The molecule has 0 aliphatic rings. The Balaban J connectivity index is 2.43. The van der Waals surface area contributed by atoms with Gasteiger partial charge in [0.1, 0.15) is 18.2 Å². The number of carbonyl (C=O) groups excluding carboxylic acids is 1. The van der Waals surface area contributed by atoms with Gasteiger partial charge in [0, 0.05) is 11.3 Å². The molecule has 0 bridgehead atoms. The van der Waals surface area contributed by atoms with Crippen molar-refractivity contribution < 1.29 is 14.3 Å². The average molecular weight is 417 g/mol. The molecule has 2 aromatic rings. The monoisotopic (exact) mass is 416 g/mol. The Bertz CT molecular complexity index is 1050. The van der Waals surface area contributed by atoms with E-state index in [0.29, 0.717) is 42.4 Å². The lowest BCUT2D eigenvalue weighted by atomic mass is 10.0. The van der Waals surface area contributed by atoms with Crippen LogP contribution in [-0.2, 0) is 11.2 Å². The minimum absolute atomic E-state index is 0.00765. The molecule has 1 amide bonds. The summed E-state index contributed by atoms with van der Waals surface area (Å²) in [5.74, 6) is 0.684. The summed E-state index contributed by atoms with van der Waals surface area (Å²) in [6.45, 7) is 14.0. The van der Waals surface area contributed by atoms with E-state index in [0.717, 1.165) is 16.7 Å². The topological polar surface area (TPSA) is 71.3 Å². The molecule has 5 nitrogen and oxygen atoms in total. The standard InChI is InChI=1S/C26H28N2O3/c1-6-9-21-14-20(16-24(30-8-3)25(21)31-12-7-2)15-22(17-27)26(29)28-23-11-10-18(4)13-19(23)5/h6-7,10-11,13-16H,1-2,8-9,12H2,3-5H3,(H,28,29)/b22-15+. The number of hydrogen-bond donors (Lipinski definition) is 1. The number of nitrogens with zero attached hydrogens (tertiary/aromatic N) is 1. The first-order valence-electron chi connectivity index (χ1n) is 10.1. The van der Waals surface area contributed by atoms with Crippen molar-refractivity contribution in [3.63, 3.8) is 0 Å². The second-order valence-corrected chi connectivity index (χ2v) is 6.98. The molecule has 0 saturated carbocycles. The minimum atomic E-state index is -0.468. The zero-order valence-corrected chi connectivity index (χ0v) is 18.3. The molecule has 0 atom stereocenters. The lowest BCUT2D eigenvalue weighted by Crippen LogP contribution is -2.14. The summed E-state index contributed by atoms with van der Waals surface area (Å²) in [6, 6.07) is 11.3. The van der Waals surface area contributed by atoms with Gasteiger partial charge in [0.2, 0.25) is 0 Å². The van der Waals surface area contributed by atoms with Gasteiger partial charge in [0.05, 0.1) is 6.61 Å². The van der Waals surface area contributed by atoms with Gasteiger partial charge >= 0.3 is 0 Å². The Morgan fingerprint density at radius 3 is 2.55 bits per heavy atom. The van der Waals surface area contributed by atoms with Gasteiger partial charge in [-0.15, -0.1) is 6.58 Å². The van der Waals surface area contributed by atoms with E-state index in [1.54, 1.807) is 24.3 Å². The number of nitrogens with one attached hydrogen (secondary N) is 1. The smallest absolute Gasteiger partial charge is 0.266 e. The van der Waals surface area contributed by atoms with Crippen LogP contribution in [0.4, 0.5) is 5.69 Å². The molecule has 0 saturated heterocycles. The number of allylic oxidation sites excluding steroid dienone is 1. The number of ether oxygens (including phenoxy) is 2. The molecule has 0 aliphatic heterocycles. The van der Waals surface area contributed by atoms with Gasteiger partial charge in [0.15, 0.2) is 11.5 Å². The van der Waals surface area contributed by atoms with Crippen LogP contribution < -0.4 is 14.8 Å². The van der Waals surface area contributed by atoms with Crippen LogP contribution in [0.2, 0.25) is 0 Å². The van der Waals surface area contributed by atoms with Crippen LogP contribution in [0.5, 0.6) is 11.5 Å². The van der Waals surface area contributed by atoms with Crippen molar-refractivity contribution in [2.75, 3.05) is 18.5 Å². The lowest BCUT2D eigenvalue weighted by molar-refractivity contribution is -0.112. The number of hydrogen-bond acceptors (Lipinski definition) is 4. The van der Waals surface area contributed by atoms with Crippen LogP contribution >= 0.6 is 0 Å². The summed E-state index contributed by atoms with van der Waals surface area (Å²) in [4.78, 5) is 12.7. The fourth-order valence-electron chi connectivity index (χ4n) is 3.10. The molecule has 0 heterocycles. The predicted octanol–water partition coefficient (Wildman–Crippen LogP) is 5.54. The summed E-state index contributed by atoms with van der Waals surface area (Å²) in [7, 11) is 0. The number of carbonyl (C=O) groups is 1. The molecular weight excluding hydrogens is 388 g/mol. The second-order valence-electron chi connectivity index (χ2n) is 6.98. The molecule has 0 aliphatic carbocycles. The van der Waals surface area contributed by atoms with E-state index in [2.05, 4.69) is 18.5 Å². The molecule has 0 aromatic heterocycles. The SMILES string of the molecule is C=CCOc1c(CC=C)cc(/C=C(\C#N)C(=O)Nc2ccc(C)cc2C)cc1OCC. The Hall–Kier alpha value is -3.78. The number of aryl methyl sites for hydroxylation is 2. The van der Waals surface area contributed by atoms with E-state index in [4.69, 9.17) is 9.47 Å². The van der Waals surface area contributed by atoms with Crippen LogP contribution in [0, 0.1) is 25.2 Å². The largest absolute Gasteiger partial charge is 0.490 e. The summed E-state index contributed by atoms with van der Waals surface area (Å²) >= 11 is 0. The summed E-state index contributed by atoms with van der Waals surface area (Å²) in [5, 5.41) is 12.4.